The largest absolute Gasteiger partial charge is 0.573 e. The van der Waals surface area contributed by atoms with Gasteiger partial charge in [0.2, 0.25) is 0 Å². The number of halogens is 3. The summed E-state index contributed by atoms with van der Waals surface area (Å²) in [7, 11) is 0. The van der Waals surface area contributed by atoms with E-state index in [1.807, 2.05) is 24.3 Å². The van der Waals surface area contributed by atoms with Crippen LogP contribution in [0.2, 0.25) is 0 Å². The first-order valence-electron chi connectivity index (χ1n) is 6.33. The molecular weight excluding hydrogens is 331 g/mol. The summed E-state index contributed by atoms with van der Waals surface area (Å²) in [6.07, 6.45) is -4.66. The number of benzene rings is 2. The predicted octanol–water partition coefficient (Wildman–Crippen LogP) is 5.49. The number of nitrogens with zero attached hydrogens (tertiary/aromatic N) is 1. The molecule has 3 rings (SSSR count). The Labute approximate surface area is 132 Å². The van der Waals surface area contributed by atoms with E-state index < -0.39 is 6.36 Å². The molecular formula is C15H10F3NOS2. The summed E-state index contributed by atoms with van der Waals surface area (Å²) in [6, 6.07) is 13.8. The second kappa shape index (κ2) is 6.18. The molecule has 0 aliphatic rings. The lowest BCUT2D eigenvalue weighted by Crippen LogP contribution is -2.16. The molecule has 0 atom stereocenters. The van der Waals surface area contributed by atoms with Gasteiger partial charge in [-0.15, -0.1) is 24.5 Å². The highest BCUT2D eigenvalue weighted by Crippen LogP contribution is 2.32. The fourth-order valence-electron chi connectivity index (χ4n) is 1.85. The minimum atomic E-state index is -4.66. The van der Waals surface area contributed by atoms with Crippen molar-refractivity contribution in [3.63, 3.8) is 0 Å². The summed E-state index contributed by atoms with van der Waals surface area (Å²) in [5.74, 6) is 0.438. The van der Waals surface area contributed by atoms with Crippen LogP contribution in [0.1, 0.15) is 5.56 Å². The Morgan fingerprint density at radius 2 is 1.77 bits per heavy atom. The Morgan fingerprint density at radius 3 is 2.45 bits per heavy atom. The lowest BCUT2D eigenvalue weighted by molar-refractivity contribution is -0.274. The van der Waals surface area contributed by atoms with E-state index in [1.54, 1.807) is 35.2 Å². The summed E-state index contributed by atoms with van der Waals surface area (Å²) in [5.41, 5.74) is 1.88. The lowest BCUT2D eigenvalue weighted by atomic mass is 10.2. The maximum atomic E-state index is 12.1. The van der Waals surface area contributed by atoms with E-state index in [9.17, 15) is 13.2 Å². The maximum Gasteiger partial charge on any atom is 0.573 e. The van der Waals surface area contributed by atoms with Gasteiger partial charge in [0.25, 0.3) is 0 Å². The fraction of sp³-hybridized carbons (Fsp3) is 0.133. The molecule has 0 saturated heterocycles. The molecule has 0 N–H and O–H groups in total. The third kappa shape index (κ3) is 3.92. The van der Waals surface area contributed by atoms with E-state index in [0.717, 1.165) is 20.1 Å². The highest BCUT2D eigenvalue weighted by molar-refractivity contribution is 8.00. The standard InChI is InChI=1S/C15H10F3NOS2/c16-15(17,18)20-11-7-5-10(6-8-11)9-21-14-19-12-3-1-2-4-13(12)22-14/h1-8H,9H2. The maximum absolute atomic E-state index is 12.1. The van der Waals surface area contributed by atoms with E-state index in [4.69, 9.17) is 0 Å². The zero-order valence-corrected chi connectivity index (χ0v) is 12.8. The van der Waals surface area contributed by atoms with Gasteiger partial charge in [0.15, 0.2) is 4.34 Å². The van der Waals surface area contributed by atoms with Crippen LogP contribution in [0.4, 0.5) is 13.2 Å². The number of thiazole rings is 1. The summed E-state index contributed by atoms with van der Waals surface area (Å²) in [4.78, 5) is 4.50. The van der Waals surface area contributed by atoms with Crippen molar-refractivity contribution in [1.29, 1.82) is 0 Å². The van der Waals surface area contributed by atoms with Crippen molar-refractivity contribution >= 4 is 33.3 Å². The zero-order chi connectivity index (χ0) is 15.6. The molecule has 1 heterocycles. The van der Waals surface area contributed by atoms with Crippen molar-refractivity contribution in [1.82, 2.24) is 4.98 Å². The molecule has 22 heavy (non-hydrogen) atoms. The number of alkyl halides is 3. The molecule has 3 aromatic rings. The topological polar surface area (TPSA) is 22.1 Å². The summed E-state index contributed by atoms with van der Waals surface area (Å²) < 4.78 is 42.1. The highest BCUT2D eigenvalue weighted by Gasteiger charge is 2.30. The molecule has 1 aromatic heterocycles. The zero-order valence-electron chi connectivity index (χ0n) is 11.1. The number of aromatic nitrogens is 1. The van der Waals surface area contributed by atoms with E-state index in [2.05, 4.69) is 9.72 Å². The fourth-order valence-corrected chi connectivity index (χ4v) is 3.87. The van der Waals surface area contributed by atoms with Crippen molar-refractivity contribution in [2.45, 2.75) is 16.5 Å². The van der Waals surface area contributed by atoms with Crippen molar-refractivity contribution in [2.24, 2.45) is 0 Å². The van der Waals surface area contributed by atoms with Gasteiger partial charge in [-0.25, -0.2) is 4.98 Å². The first-order chi connectivity index (χ1) is 10.5. The molecule has 0 fully saturated rings. The van der Waals surface area contributed by atoms with Gasteiger partial charge in [-0.1, -0.05) is 36.0 Å². The molecule has 7 heteroatoms. The van der Waals surface area contributed by atoms with Gasteiger partial charge in [-0.3, -0.25) is 0 Å². The Hall–Kier alpha value is -1.73. The van der Waals surface area contributed by atoms with E-state index in [1.165, 1.54) is 12.1 Å². The molecule has 2 aromatic carbocycles. The molecule has 0 aliphatic carbocycles. The molecule has 0 spiro atoms. The number of hydrogen-bond acceptors (Lipinski definition) is 4. The van der Waals surface area contributed by atoms with Crippen molar-refractivity contribution < 1.29 is 17.9 Å². The molecule has 0 bridgehead atoms. The molecule has 0 saturated carbocycles. The van der Waals surface area contributed by atoms with Crippen LogP contribution in [0.25, 0.3) is 10.2 Å². The first kappa shape index (κ1) is 15.2. The molecule has 0 aliphatic heterocycles. The Kier molecular flexibility index (Phi) is 4.26. The van der Waals surface area contributed by atoms with Crippen LogP contribution < -0.4 is 4.74 Å². The molecule has 114 valence electrons. The Morgan fingerprint density at radius 1 is 1.05 bits per heavy atom. The first-order valence-corrected chi connectivity index (χ1v) is 8.13. The van der Waals surface area contributed by atoms with Crippen molar-refractivity contribution in [3.8, 4) is 5.75 Å². The van der Waals surface area contributed by atoms with Gasteiger partial charge >= 0.3 is 6.36 Å². The van der Waals surface area contributed by atoms with Crippen molar-refractivity contribution in [3.05, 3.63) is 54.1 Å². The SMILES string of the molecule is FC(F)(F)Oc1ccc(CSc2nc3ccccc3s2)cc1. The average molecular weight is 341 g/mol. The summed E-state index contributed by atoms with van der Waals surface area (Å²) >= 11 is 3.17. The quantitative estimate of drug-likeness (QED) is 0.586. The van der Waals surface area contributed by atoms with Gasteiger partial charge in [0.05, 0.1) is 10.2 Å². The van der Waals surface area contributed by atoms with Crippen LogP contribution in [0, 0.1) is 0 Å². The van der Waals surface area contributed by atoms with Gasteiger partial charge in [-0.05, 0) is 29.8 Å². The van der Waals surface area contributed by atoms with Crippen LogP contribution in [0.15, 0.2) is 52.9 Å². The van der Waals surface area contributed by atoms with Crippen molar-refractivity contribution in [2.75, 3.05) is 0 Å². The monoisotopic (exact) mass is 341 g/mol. The number of ether oxygens (including phenoxy) is 1. The number of para-hydroxylation sites is 1. The summed E-state index contributed by atoms with van der Waals surface area (Å²) in [5, 5.41) is 0. The van der Waals surface area contributed by atoms with Crippen LogP contribution >= 0.6 is 23.1 Å². The smallest absolute Gasteiger partial charge is 0.406 e. The van der Waals surface area contributed by atoms with Gasteiger partial charge < -0.3 is 4.74 Å². The minimum Gasteiger partial charge on any atom is -0.406 e. The van der Waals surface area contributed by atoms with Crippen LogP contribution in [-0.2, 0) is 5.75 Å². The molecule has 0 amide bonds. The average Bonchev–Trinajstić information content (AvgIpc) is 2.88. The molecule has 2 nitrogen and oxygen atoms in total. The molecule has 0 radical (unpaired) electrons. The van der Waals surface area contributed by atoms with E-state index in [-0.39, 0.29) is 5.75 Å². The lowest BCUT2D eigenvalue weighted by Gasteiger charge is -2.08. The number of fused-ring (bicyclic) bond motifs is 1. The number of rotatable bonds is 4. The third-order valence-electron chi connectivity index (χ3n) is 2.79. The van der Waals surface area contributed by atoms with Gasteiger partial charge in [-0.2, -0.15) is 0 Å². The number of hydrogen-bond donors (Lipinski definition) is 0. The predicted molar refractivity (Wildman–Crippen MR) is 82.3 cm³/mol. The summed E-state index contributed by atoms with van der Waals surface area (Å²) in [6.45, 7) is 0. The molecule has 0 unspecified atom stereocenters. The van der Waals surface area contributed by atoms with Crippen LogP contribution in [0.3, 0.4) is 0 Å². The van der Waals surface area contributed by atoms with Gasteiger partial charge in [0, 0.05) is 5.75 Å². The third-order valence-corrected chi connectivity index (χ3v) is 5.04. The minimum absolute atomic E-state index is 0.207. The van der Waals surface area contributed by atoms with Crippen LogP contribution in [-0.4, -0.2) is 11.3 Å². The second-order valence-electron chi connectivity index (χ2n) is 4.43. The van der Waals surface area contributed by atoms with E-state index >= 15 is 0 Å². The highest BCUT2D eigenvalue weighted by atomic mass is 32.2. The van der Waals surface area contributed by atoms with E-state index in [0.29, 0.717) is 5.75 Å². The Balaban J connectivity index is 1.63. The Bertz CT molecular complexity index is 735. The van der Waals surface area contributed by atoms with Gasteiger partial charge in [0.1, 0.15) is 5.75 Å². The number of thioether (sulfide) groups is 1. The second-order valence-corrected chi connectivity index (χ2v) is 6.68. The van der Waals surface area contributed by atoms with Crippen LogP contribution in [0.5, 0.6) is 5.75 Å². The normalized spacial score (nSPS) is 11.8.